The number of phenolic OH excluding ortho intramolecular Hbond substituents is 1. The Morgan fingerprint density at radius 1 is 1.23 bits per heavy atom. The zero-order chi connectivity index (χ0) is 15.4. The Hall–Kier alpha value is -2.62. The van der Waals surface area contributed by atoms with E-state index in [1.807, 2.05) is 54.3 Å². The minimum atomic E-state index is 0.287. The van der Waals surface area contributed by atoms with Crippen molar-refractivity contribution in [2.24, 2.45) is 4.99 Å². The van der Waals surface area contributed by atoms with Crippen LogP contribution >= 0.6 is 0 Å². The van der Waals surface area contributed by atoms with Crippen LogP contribution in [0.1, 0.15) is 18.9 Å². The maximum absolute atomic E-state index is 10.2. The molecule has 0 saturated carbocycles. The Morgan fingerprint density at radius 3 is 2.91 bits per heavy atom. The molecule has 0 amide bonds. The molecule has 112 valence electrons. The molecule has 2 aromatic carbocycles. The van der Waals surface area contributed by atoms with Gasteiger partial charge in [0.15, 0.2) is 0 Å². The molecule has 0 aliphatic rings. The van der Waals surface area contributed by atoms with E-state index in [1.165, 1.54) is 0 Å². The molecule has 0 bridgehead atoms. The maximum atomic E-state index is 10.2. The van der Waals surface area contributed by atoms with E-state index < -0.39 is 0 Å². The number of aromatic nitrogens is 2. The van der Waals surface area contributed by atoms with E-state index in [0.717, 1.165) is 41.6 Å². The molecular formula is C18H19N3O. The number of hydrogen-bond donors (Lipinski definition) is 1. The van der Waals surface area contributed by atoms with E-state index in [0.29, 0.717) is 0 Å². The number of aryl methyl sites for hydroxylation is 1. The van der Waals surface area contributed by atoms with Crippen LogP contribution in [0.15, 0.2) is 60.1 Å². The fraction of sp³-hybridized carbons (Fsp3) is 0.222. The van der Waals surface area contributed by atoms with Crippen LogP contribution in [0.3, 0.4) is 0 Å². The van der Waals surface area contributed by atoms with Crippen LogP contribution in [0.4, 0.5) is 0 Å². The Bertz CT molecular complexity index is 791. The van der Waals surface area contributed by atoms with Gasteiger partial charge in [0, 0.05) is 36.8 Å². The summed E-state index contributed by atoms with van der Waals surface area (Å²) in [5, 5.41) is 12.3. The molecule has 4 heteroatoms. The van der Waals surface area contributed by atoms with E-state index in [9.17, 15) is 5.11 Å². The summed E-state index contributed by atoms with van der Waals surface area (Å²) in [5.74, 6) is 0.287. The van der Waals surface area contributed by atoms with Gasteiger partial charge in [-0.3, -0.25) is 4.99 Å². The molecule has 22 heavy (non-hydrogen) atoms. The van der Waals surface area contributed by atoms with Gasteiger partial charge < -0.3 is 9.67 Å². The van der Waals surface area contributed by atoms with Gasteiger partial charge in [-0.1, -0.05) is 30.3 Å². The van der Waals surface area contributed by atoms with Crippen molar-refractivity contribution in [3.8, 4) is 5.75 Å². The second-order valence-electron chi connectivity index (χ2n) is 5.30. The number of hydrogen-bond acceptors (Lipinski definition) is 3. The number of imidazole rings is 1. The normalized spacial score (nSPS) is 12.0. The molecule has 0 saturated heterocycles. The van der Waals surface area contributed by atoms with E-state index in [2.05, 4.69) is 9.98 Å². The molecule has 0 spiro atoms. The van der Waals surface area contributed by atoms with Crippen LogP contribution in [0.25, 0.3) is 10.8 Å². The molecule has 0 radical (unpaired) electrons. The van der Waals surface area contributed by atoms with Gasteiger partial charge in [-0.15, -0.1) is 0 Å². The first-order valence-electron chi connectivity index (χ1n) is 7.43. The summed E-state index contributed by atoms with van der Waals surface area (Å²) in [5.41, 5.74) is 1.71. The van der Waals surface area contributed by atoms with E-state index in [1.54, 1.807) is 12.3 Å². The van der Waals surface area contributed by atoms with E-state index in [4.69, 9.17) is 0 Å². The highest BCUT2D eigenvalue weighted by Gasteiger charge is 2.09. The van der Waals surface area contributed by atoms with Crippen molar-refractivity contribution in [3.63, 3.8) is 0 Å². The van der Waals surface area contributed by atoms with Gasteiger partial charge in [0.2, 0.25) is 0 Å². The van der Waals surface area contributed by atoms with Crippen molar-refractivity contribution >= 4 is 16.5 Å². The van der Waals surface area contributed by atoms with Gasteiger partial charge >= 0.3 is 0 Å². The molecule has 0 aliphatic carbocycles. The summed E-state index contributed by atoms with van der Waals surface area (Å²) in [7, 11) is 0. The quantitative estimate of drug-likeness (QED) is 0.577. The number of nitrogens with zero attached hydrogens (tertiary/aromatic N) is 3. The van der Waals surface area contributed by atoms with Crippen molar-refractivity contribution in [3.05, 3.63) is 60.7 Å². The number of aliphatic imine (C=N–C) groups is 1. The molecule has 1 heterocycles. The second-order valence-corrected chi connectivity index (χ2v) is 5.30. The molecule has 0 atom stereocenters. The van der Waals surface area contributed by atoms with Crippen LogP contribution in [-0.4, -0.2) is 26.9 Å². The summed E-state index contributed by atoms with van der Waals surface area (Å²) >= 11 is 0. The van der Waals surface area contributed by atoms with Crippen LogP contribution in [-0.2, 0) is 6.54 Å². The summed E-state index contributed by atoms with van der Waals surface area (Å²) in [6.45, 7) is 3.59. The molecule has 0 fully saturated rings. The smallest absolute Gasteiger partial charge is 0.125 e. The molecule has 1 aromatic heterocycles. The van der Waals surface area contributed by atoms with Gasteiger partial charge in [-0.2, -0.15) is 0 Å². The summed E-state index contributed by atoms with van der Waals surface area (Å²) in [6, 6.07) is 11.7. The molecular weight excluding hydrogens is 274 g/mol. The van der Waals surface area contributed by atoms with Crippen molar-refractivity contribution in [2.75, 3.05) is 6.54 Å². The topological polar surface area (TPSA) is 50.4 Å². The first kappa shape index (κ1) is 14.3. The van der Waals surface area contributed by atoms with Crippen molar-refractivity contribution < 1.29 is 5.11 Å². The number of benzene rings is 2. The number of aromatic hydroxyl groups is 1. The number of fused-ring (bicyclic) bond motifs is 1. The molecule has 1 N–H and O–H groups in total. The van der Waals surface area contributed by atoms with Gasteiger partial charge in [0.05, 0.1) is 6.33 Å². The monoisotopic (exact) mass is 293 g/mol. The SMILES string of the molecule is CC(=NCCCn1ccnc1)c1c(O)ccc2ccccc12. The van der Waals surface area contributed by atoms with Gasteiger partial charge in [0.1, 0.15) is 5.75 Å². The number of rotatable bonds is 5. The Morgan fingerprint density at radius 2 is 2.09 bits per heavy atom. The molecule has 0 aliphatic heterocycles. The lowest BCUT2D eigenvalue weighted by Crippen LogP contribution is -2.01. The molecule has 3 aromatic rings. The zero-order valence-electron chi connectivity index (χ0n) is 12.6. The predicted octanol–water partition coefficient (Wildman–Crippen LogP) is 3.64. The minimum Gasteiger partial charge on any atom is -0.507 e. The maximum Gasteiger partial charge on any atom is 0.125 e. The summed E-state index contributed by atoms with van der Waals surface area (Å²) in [4.78, 5) is 8.65. The van der Waals surface area contributed by atoms with Gasteiger partial charge in [-0.25, -0.2) is 4.98 Å². The molecule has 4 nitrogen and oxygen atoms in total. The third kappa shape index (κ3) is 3.01. The fourth-order valence-electron chi connectivity index (χ4n) is 2.64. The summed E-state index contributed by atoms with van der Waals surface area (Å²) < 4.78 is 2.04. The minimum absolute atomic E-state index is 0.287. The third-order valence-electron chi connectivity index (χ3n) is 3.75. The van der Waals surface area contributed by atoms with E-state index in [-0.39, 0.29) is 5.75 Å². The highest BCUT2D eigenvalue weighted by Crippen LogP contribution is 2.27. The highest BCUT2D eigenvalue weighted by atomic mass is 16.3. The average Bonchev–Trinajstić information content (AvgIpc) is 3.04. The third-order valence-corrected chi connectivity index (χ3v) is 3.75. The highest BCUT2D eigenvalue weighted by molar-refractivity contribution is 6.11. The lowest BCUT2D eigenvalue weighted by molar-refractivity contribution is 0.475. The standard InChI is InChI=1S/C18H19N3O/c1-14(20-9-4-11-21-12-10-19-13-21)18-16-6-3-2-5-15(16)7-8-17(18)22/h2-3,5-8,10,12-13,22H,4,9,11H2,1H3. The molecule has 0 unspecified atom stereocenters. The van der Waals surface area contributed by atoms with Crippen LogP contribution in [0.2, 0.25) is 0 Å². The Labute approximate surface area is 129 Å². The fourth-order valence-corrected chi connectivity index (χ4v) is 2.64. The Balaban J connectivity index is 1.77. The van der Waals surface area contributed by atoms with Crippen molar-refractivity contribution in [2.45, 2.75) is 19.9 Å². The lowest BCUT2D eigenvalue weighted by Gasteiger charge is -2.09. The van der Waals surface area contributed by atoms with Gasteiger partial charge in [0.25, 0.3) is 0 Å². The zero-order valence-corrected chi connectivity index (χ0v) is 12.6. The van der Waals surface area contributed by atoms with E-state index >= 15 is 0 Å². The largest absolute Gasteiger partial charge is 0.507 e. The van der Waals surface area contributed by atoms with Gasteiger partial charge in [-0.05, 0) is 30.2 Å². The summed E-state index contributed by atoms with van der Waals surface area (Å²) in [6.07, 6.45) is 6.49. The average molecular weight is 293 g/mol. The lowest BCUT2D eigenvalue weighted by atomic mass is 10.0. The molecule has 3 rings (SSSR count). The van der Waals surface area contributed by atoms with Crippen LogP contribution in [0.5, 0.6) is 5.75 Å². The number of phenols is 1. The Kier molecular flexibility index (Phi) is 4.19. The van der Waals surface area contributed by atoms with Crippen LogP contribution < -0.4 is 0 Å². The first-order valence-corrected chi connectivity index (χ1v) is 7.43. The predicted molar refractivity (Wildman–Crippen MR) is 89.5 cm³/mol. The van der Waals surface area contributed by atoms with Crippen molar-refractivity contribution in [1.29, 1.82) is 0 Å². The first-order chi connectivity index (χ1) is 10.8. The van der Waals surface area contributed by atoms with Crippen LogP contribution in [0, 0.1) is 0 Å². The second kappa shape index (κ2) is 6.43. The van der Waals surface area contributed by atoms with Crippen molar-refractivity contribution in [1.82, 2.24) is 9.55 Å².